The van der Waals surface area contributed by atoms with Crippen LogP contribution in [0.1, 0.15) is 38.3 Å². The fraction of sp³-hybridized carbons (Fsp3) is 0.280. The molecule has 9 nitrogen and oxygen atoms in total. The molecular formula is C25H25N7O2. The van der Waals surface area contributed by atoms with E-state index in [1.54, 1.807) is 47.8 Å². The number of carbonyl (C=O) groups is 1. The smallest absolute Gasteiger partial charge is 0.314 e. The largest absolute Gasteiger partial charge is 0.426 e. The van der Waals surface area contributed by atoms with E-state index in [0.29, 0.717) is 17.4 Å². The van der Waals surface area contributed by atoms with E-state index in [1.807, 2.05) is 19.2 Å². The van der Waals surface area contributed by atoms with Crippen LogP contribution in [0.5, 0.6) is 5.75 Å². The Balaban J connectivity index is 1.34. The molecule has 0 atom stereocenters. The van der Waals surface area contributed by atoms with Crippen LogP contribution in [0.2, 0.25) is 0 Å². The van der Waals surface area contributed by atoms with Crippen molar-refractivity contribution in [2.75, 3.05) is 5.32 Å². The second-order valence-electron chi connectivity index (χ2n) is 8.65. The van der Waals surface area contributed by atoms with Crippen LogP contribution < -0.4 is 10.1 Å². The molecule has 172 valence electrons. The molecule has 0 amide bonds. The summed E-state index contributed by atoms with van der Waals surface area (Å²) in [4.78, 5) is 29.9. The van der Waals surface area contributed by atoms with Crippen LogP contribution in [-0.2, 0) is 11.8 Å². The summed E-state index contributed by atoms with van der Waals surface area (Å²) in [6.45, 7) is 4.15. The molecule has 1 fully saturated rings. The average molecular weight is 456 g/mol. The van der Waals surface area contributed by atoms with Gasteiger partial charge in [0.15, 0.2) is 5.82 Å². The maximum atomic E-state index is 11.8. The Hall–Kier alpha value is -4.14. The van der Waals surface area contributed by atoms with Gasteiger partial charge in [-0.15, -0.1) is 0 Å². The van der Waals surface area contributed by atoms with E-state index in [2.05, 4.69) is 44.2 Å². The van der Waals surface area contributed by atoms with Gasteiger partial charge in [-0.25, -0.2) is 15.0 Å². The van der Waals surface area contributed by atoms with Crippen LogP contribution >= 0.6 is 0 Å². The summed E-state index contributed by atoms with van der Waals surface area (Å²) in [5, 5.41) is 7.66. The molecule has 1 aliphatic carbocycles. The second-order valence-corrected chi connectivity index (χ2v) is 8.65. The third-order valence-electron chi connectivity index (χ3n) is 5.64. The van der Waals surface area contributed by atoms with Crippen molar-refractivity contribution in [3.8, 4) is 28.3 Å². The first-order valence-electron chi connectivity index (χ1n) is 11.2. The summed E-state index contributed by atoms with van der Waals surface area (Å²) in [6.07, 6.45) is 10.6. The normalized spacial score (nSPS) is 13.2. The molecule has 9 heteroatoms. The van der Waals surface area contributed by atoms with Gasteiger partial charge in [-0.1, -0.05) is 26.0 Å². The standard InChI is InChI=1S/C25H25N7O2/c1-15(2)21-13-26-14-22(30-21)31-24-20(12-29-32(24)3)23-27-10-18(11-28-23)16-6-8-19(9-7-16)34-25(33)17-4-5-17/h6-15,17H,4-5H2,1-3H3,(H,30,31). The third-order valence-corrected chi connectivity index (χ3v) is 5.64. The van der Waals surface area contributed by atoms with Gasteiger partial charge in [0.05, 0.1) is 29.6 Å². The number of nitrogens with one attached hydrogen (secondary N) is 1. The van der Waals surface area contributed by atoms with Gasteiger partial charge in [-0.2, -0.15) is 5.10 Å². The van der Waals surface area contributed by atoms with E-state index in [4.69, 9.17) is 4.74 Å². The zero-order chi connectivity index (χ0) is 23.7. The highest BCUT2D eigenvalue weighted by Crippen LogP contribution is 2.32. The number of rotatable bonds is 7. The van der Waals surface area contributed by atoms with Crippen molar-refractivity contribution in [1.82, 2.24) is 29.7 Å². The van der Waals surface area contributed by atoms with Gasteiger partial charge in [0.2, 0.25) is 0 Å². The fourth-order valence-corrected chi connectivity index (χ4v) is 3.44. The lowest BCUT2D eigenvalue weighted by molar-refractivity contribution is -0.135. The Labute approximate surface area is 197 Å². The minimum atomic E-state index is -0.150. The van der Waals surface area contributed by atoms with Crippen molar-refractivity contribution in [1.29, 1.82) is 0 Å². The number of esters is 1. The number of benzene rings is 1. The molecule has 4 aromatic rings. The van der Waals surface area contributed by atoms with E-state index in [1.165, 1.54) is 0 Å². The van der Waals surface area contributed by atoms with E-state index >= 15 is 0 Å². The lowest BCUT2D eigenvalue weighted by Crippen LogP contribution is -2.09. The molecule has 5 rings (SSSR count). The van der Waals surface area contributed by atoms with E-state index in [-0.39, 0.29) is 17.8 Å². The number of anilines is 2. The first kappa shape index (κ1) is 21.7. The molecular weight excluding hydrogens is 430 g/mol. The Morgan fingerprint density at radius 3 is 2.44 bits per heavy atom. The maximum Gasteiger partial charge on any atom is 0.314 e. The van der Waals surface area contributed by atoms with E-state index < -0.39 is 0 Å². The van der Waals surface area contributed by atoms with E-state index in [9.17, 15) is 4.79 Å². The predicted octanol–water partition coefficient (Wildman–Crippen LogP) is 4.52. The molecule has 1 N–H and O–H groups in total. The topological polar surface area (TPSA) is 108 Å². The molecule has 0 radical (unpaired) electrons. The third kappa shape index (κ3) is 4.63. The Morgan fingerprint density at radius 1 is 1.03 bits per heavy atom. The lowest BCUT2D eigenvalue weighted by atomic mass is 10.1. The molecule has 1 aromatic carbocycles. The van der Waals surface area contributed by atoms with E-state index in [0.717, 1.165) is 41.0 Å². The van der Waals surface area contributed by atoms with Crippen LogP contribution in [0.4, 0.5) is 11.6 Å². The summed E-state index contributed by atoms with van der Waals surface area (Å²) >= 11 is 0. The predicted molar refractivity (Wildman–Crippen MR) is 127 cm³/mol. The highest BCUT2D eigenvalue weighted by molar-refractivity contribution is 5.78. The molecule has 0 saturated heterocycles. The number of aromatic nitrogens is 6. The van der Waals surface area contributed by atoms with Gasteiger partial charge < -0.3 is 10.1 Å². The number of ether oxygens (including phenoxy) is 1. The number of hydrogen-bond donors (Lipinski definition) is 1. The highest BCUT2D eigenvalue weighted by atomic mass is 16.5. The summed E-state index contributed by atoms with van der Waals surface area (Å²) < 4.78 is 7.12. The first-order valence-corrected chi connectivity index (χ1v) is 11.2. The van der Waals surface area contributed by atoms with Crippen molar-refractivity contribution >= 4 is 17.6 Å². The number of nitrogens with zero attached hydrogens (tertiary/aromatic N) is 6. The van der Waals surface area contributed by atoms with Crippen LogP contribution in [-0.4, -0.2) is 35.7 Å². The first-order chi connectivity index (χ1) is 16.5. The Kier molecular flexibility index (Phi) is 5.75. The summed E-state index contributed by atoms with van der Waals surface area (Å²) in [5.74, 6) is 2.65. The number of hydrogen-bond acceptors (Lipinski definition) is 8. The van der Waals surface area contributed by atoms with Crippen LogP contribution in [0.25, 0.3) is 22.5 Å². The van der Waals surface area contributed by atoms with Crippen molar-refractivity contribution in [2.45, 2.75) is 32.6 Å². The summed E-state index contributed by atoms with van der Waals surface area (Å²) in [5.41, 5.74) is 3.46. The summed E-state index contributed by atoms with van der Waals surface area (Å²) in [7, 11) is 1.84. The molecule has 3 heterocycles. The number of aryl methyl sites for hydroxylation is 1. The number of carbonyl (C=O) groups excluding carboxylic acids is 1. The fourth-order valence-electron chi connectivity index (χ4n) is 3.44. The summed E-state index contributed by atoms with van der Waals surface area (Å²) in [6, 6.07) is 7.37. The SMILES string of the molecule is CC(C)c1cncc(Nc2c(-c3ncc(-c4ccc(OC(=O)C5CC5)cc4)cn3)cnn2C)n1. The van der Waals surface area contributed by atoms with Crippen molar-refractivity contribution < 1.29 is 9.53 Å². The molecule has 0 spiro atoms. The van der Waals surface area contributed by atoms with Crippen molar-refractivity contribution in [3.63, 3.8) is 0 Å². The van der Waals surface area contributed by atoms with Gasteiger partial charge in [-0.3, -0.25) is 14.5 Å². The van der Waals surface area contributed by atoms with Crippen molar-refractivity contribution in [3.05, 3.63) is 60.9 Å². The average Bonchev–Trinajstić information content (AvgIpc) is 3.65. The Morgan fingerprint density at radius 2 is 1.76 bits per heavy atom. The van der Waals surface area contributed by atoms with Gasteiger partial charge in [0.25, 0.3) is 0 Å². The van der Waals surface area contributed by atoms with Crippen LogP contribution in [0.3, 0.4) is 0 Å². The van der Waals surface area contributed by atoms with Gasteiger partial charge in [0.1, 0.15) is 17.4 Å². The minimum Gasteiger partial charge on any atom is -0.426 e. The van der Waals surface area contributed by atoms with Gasteiger partial charge in [0, 0.05) is 31.2 Å². The zero-order valence-electron chi connectivity index (χ0n) is 19.3. The second kappa shape index (κ2) is 9.01. The Bertz CT molecular complexity index is 1310. The highest BCUT2D eigenvalue weighted by Gasteiger charge is 2.31. The van der Waals surface area contributed by atoms with Crippen molar-refractivity contribution in [2.24, 2.45) is 13.0 Å². The maximum absolute atomic E-state index is 11.8. The molecule has 1 saturated carbocycles. The van der Waals surface area contributed by atoms with Crippen LogP contribution in [0, 0.1) is 5.92 Å². The minimum absolute atomic E-state index is 0.0682. The molecule has 34 heavy (non-hydrogen) atoms. The van der Waals surface area contributed by atoms with Gasteiger partial charge in [-0.05, 0) is 36.5 Å². The molecule has 1 aliphatic rings. The lowest BCUT2D eigenvalue weighted by Gasteiger charge is -2.11. The monoisotopic (exact) mass is 455 g/mol. The molecule has 0 aliphatic heterocycles. The molecule has 3 aromatic heterocycles. The van der Waals surface area contributed by atoms with Crippen LogP contribution in [0.15, 0.2) is 55.2 Å². The molecule has 0 unspecified atom stereocenters. The van der Waals surface area contributed by atoms with Gasteiger partial charge >= 0.3 is 5.97 Å². The quantitative estimate of drug-likeness (QED) is 0.320. The zero-order valence-corrected chi connectivity index (χ0v) is 19.3. The molecule has 0 bridgehead atoms.